The third-order valence-electron chi connectivity index (χ3n) is 5.58. The zero-order chi connectivity index (χ0) is 22.7. The molecule has 0 N–H and O–H groups in total. The maximum Gasteiger partial charge on any atom is 0.233 e. The predicted octanol–water partition coefficient (Wildman–Crippen LogP) is 4.11. The first-order valence-electron chi connectivity index (χ1n) is 10.5. The second-order valence-corrected chi connectivity index (χ2v) is 9.20. The van der Waals surface area contributed by atoms with Gasteiger partial charge in [-0.25, -0.2) is 4.39 Å². The van der Waals surface area contributed by atoms with Crippen LogP contribution in [-0.2, 0) is 11.3 Å². The van der Waals surface area contributed by atoms with Gasteiger partial charge in [0.15, 0.2) is 5.16 Å². The van der Waals surface area contributed by atoms with Crippen molar-refractivity contribution in [3.05, 3.63) is 70.3 Å². The van der Waals surface area contributed by atoms with Crippen molar-refractivity contribution in [2.24, 2.45) is 0 Å². The summed E-state index contributed by atoms with van der Waals surface area (Å²) in [5, 5.41) is 9.58. The minimum absolute atomic E-state index is 0.0645. The second-order valence-electron chi connectivity index (χ2n) is 7.85. The molecule has 32 heavy (non-hydrogen) atoms. The molecule has 168 valence electrons. The SMILES string of the molecule is Cc1ccc(-n2c(C)nnc2SCC(=O)N2CCN(Cc3c(F)cccc3Cl)CC2)cc1. The van der Waals surface area contributed by atoms with Gasteiger partial charge in [0, 0.05) is 49.0 Å². The highest BCUT2D eigenvalue weighted by molar-refractivity contribution is 7.99. The summed E-state index contributed by atoms with van der Waals surface area (Å²) in [6.45, 7) is 6.96. The molecule has 9 heteroatoms. The van der Waals surface area contributed by atoms with Crippen LogP contribution < -0.4 is 0 Å². The number of aromatic nitrogens is 3. The average molecular weight is 474 g/mol. The number of hydrogen-bond acceptors (Lipinski definition) is 5. The van der Waals surface area contributed by atoms with Crippen molar-refractivity contribution in [1.82, 2.24) is 24.6 Å². The quantitative estimate of drug-likeness (QED) is 0.504. The predicted molar refractivity (Wildman–Crippen MR) is 125 cm³/mol. The van der Waals surface area contributed by atoms with E-state index in [1.54, 1.807) is 12.1 Å². The lowest BCUT2D eigenvalue weighted by Crippen LogP contribution is -2.48. The first kappa shape index (κ1) is 22.8. The van der Waals surface area contributed by atoms with Gasteiger partial charge in [-0.3, -0.25) is 14.3 Å². The molecule has 6 nitrogen and oxygen atoms in total. The lowest BCUT2D eigenvalue weighted by molar-refractivity contribution is -0.130. The Bertz CT molecular complexity index is 1080. The Morgan fingerprint density at radius 1 is 1.06 bits per heavy atom. The van der Waals surface area contributed by atoms with Gasteiger partial charge in [0.2, 0.25) is 5.91 Å². The standard InChI is InChI=1S/C23H25ClFN5OS/c1-16-6-8-18(9-7-16)30-17(2)26-27-23(30)32-15-22(31)29-12-10-28(11-13-29)14-19-20(24)4-3-5-21(19)25/h3-9H,10-15H2,1-2H3. The number of aryl methyl sites for hydroxylation is 2. The van der Waals surface area contributed by atoms with E-state index in [2.05, 4.69) is 15.1 Å². The van der Waals surface area contributed by atoms with Crippen LogP contribution in [0.1, 0.15) is 17.0 Å². The molecule has 0 unspecified atom stereocenters. The van der Waals surface area contributed by atoms with Crippen molar-refractivity contribution in [3.8, 4) is 5.69 Å². The zero-order valence-corrected chi connectivity index (χ0v) is 19.7. The molecular formula is C23H25ClFN5OS. The fraction of sp³-hybridized carbons (Fsp3) is 0.348. The average Bonchev–Trinajstić information content (AvgIpc) is 3.16. The number of halogens is 2. The maximum atomic E-state index is 14.1. The van der Waals surface area contributed by atoms with Crippen LogP contribution in [0.15, 0.2) is 47.6 Å². The number of thioether (sulfide) groups is 1. The van der Waals surface area contributed by atoms with Gasteiger partial charge >= 0.3 is 0 Å². The summed E-state index contributed by atoms with van der Waals surface area (Å²) >= 11 is 7.54. The molecule has 1 fully saturated rings. The Morgan fingerprint density at radius 3 is 2.47 bits per heavy atom. The van der Waals surface area contributed by atoms with Gasteiger partial charge in [-0.2, -0.15) is 0 Å². The second kappa shape index (κ2) is 10.0. The molecule has 1 aromatic heterocycles. The van der Waals surface area contributed by atoms with Gasteiger partial charge in [-0.1, -0.05) is 47.1 Å². The van der Waals surface area contributed by atoms with Crippen molar-refractivity contribution in [2.45, 2.75) is 25.5 Å². The lowest BCUT2D eigenvalue weighted by Gasteiger charge is -2.34. The van der Waals surface area contributed by atoms with Crippen LogP contribution in [0.5, 0.6) is 0 Å². The Labute approximate surface area is 196 Å². The molecule has 0 spiro atoms. The summed E-state index contributed by atoms with van der Waals surface area (Å²) in [6, 6.07) is 12.9. The van der Waals surface area contributed by atoms with Crippen LogP contribution in [0.25, 0.3) is 5.69 Å². The molecule has 1 amide bonds. The van der Waals surface area contributed by atoms with Gasteiger partial charge < -0.3 is 4.90 Å². The van der Waals surface area contributed by atoms with E-state index in [1.165, 1.54) is 23.4 Å². The minimum atomic E-state index is -0.291. The van der Waals surface area contributed by atoms with E-state index in [0.29, 0.717) is 54.2 Å². The van der Waals surface area contributed by atoms with Crippen molar-refractivity contribution >= 4 is 29.3 Å². The molecule has 1 aliphatic heterocycles. The summed E-state index contributed by atoms with van der Waals surface area (Å²) in [7, 11) is 0. The molecule has 0 radical (unpaired) electrons. The number of hydrogen-bond donors (Lipinski definition) is 0. The molecule has 0 bridgehead atoms. The highest BCUT2D eigenvalue weighted by Crippen LogP contribution is 2.24. The van der Waals surface area contributed by atoms with E-state index in [9.17, 15) is 9.18 Å². The van der Waals surface area contributed by atoms with Crippen molar-refractivity contribution in [1.29, 1.82) is 0 Å². The number of piperazine rings is 1. The first-order valence-corrected chi connectivity index (χ1v) is 11.8. The monoisotopic (exact) mass is 473 g/mol. The molecule has 4 rings (SSSR count). The smallest absolute Gasteiger partial charge is 0.233 e. The molecule has 2 aromatic carbocycles. The van der Waals surface area contributed by atoms with Crippen molar-refractivity contribution in [2.75, 3.05) is 31.9 Å². The molecule has 0 aliphatic carbocycles. The normalized spacial score (nSPS) is 14.7. The van der Waals surface area contributed by atoms with Gasteiger partial charge in [-0.15, -0.1) is 10.2 Å². The van der Waals surface area contributed by atoms with E-state index in [1.807, 2.05) is 47.6 Å². The summed E-state index contributed by atoms with van der Waals surface area (Å²) < 4.78 is 16.0. The van der Waals surface area contributed by atoms with Crippen LogP contribution in [0.4, 0.5) is 4.39 Å². The number of rotatable bonds is 6. The number of benzene rings is 2. The van der Waals surface area contributed by atoms with Gasteiger partial charge in [0.1, 0.15) is 11.6 Å². The first-order chi connectivity index (χ1) is 15.4. The highest BCUT2D eigenvalue weighted by Gasteiger charge is 2.23. The Balaban J connectivity index is 1.32. The van der Waals surface area contributed by atoms with E-state index < -0.39 is 0 Å². The Kier molecular flexibility index (Phi) is 7.13. The number of nitrogens with zero attached hydrogens (tertiary/aromatic N) is 5. The molecule has 1 aliphatic rings. The van der Waals surface area contributed by atoms with Crippen LogP contribution in [0.2, 0.25) is 5.02 Å². The van der Waals surface area contributed by atoms with Crippen molar-refractivity contribution < 1.29 is 9.18 Å². The number of carbonyl (C=O) groups excluding carboxylic acids is 1. The minimum Gasteiger partial charge on any atom is -0.339 e. The molecular weight excluding hydrogens is 449 g/mol. The Morgan fingerprint density at radius 2 is 1.78 bits per heavy atom. The van der Waals surface area contributed by atoms with Gasteiger partial charge in [-0.05, 0) is 38.1 Å². The van der Waals surface area contributed by atoms with Gasteiger partial charge in [0.25, 0.3) is 0 Å². The van der Waals surface area contributed by atoms with E-state index in [4.69, 9.17) is 11.6 Å². The lowest BCUT2D eigenvalue weighted by atomic mass is 10.2. The van der Waals surface area contributed by atoms with Crippen LogP contribution in [0.3, 0.4) is 0 Å². The summed E-state index contributed by atoms with van der Waals surface area (Å²) in [5.41, 5.74) is 2.67. The third kappa shape index (κ3) is 5.14. The molecule has 0 atom stereocenters. The van der Waals surface area contributed by atoms with Crippen LogP contribution >= 0.6 is 23.4 Å². The molecule has 2 heterocycles. The van der Waals surface area contributed by atoms with Gasteiger partial charge in [0.05, 0.1) is 5.75 Å². The van der Waals surface area contributed by atoms with Crippen LogP contribution in [-0.4, -0.2) is 62.4 Å². The third-order valence-corrected chi connectivity index (χ3v) is 6.85. The van der Waals surface area contributed by atoms with Crippen LogP contribution in [0, 0.1) is 19.7 Å². The molecule has 1 saturated heterocycles. The van der Waals surface area contributed by atoms with E-state index in [0.717, 1.165) is 11.5 Å². The van der Waals surface area contributed by atoms with E-state index in [-0.39, 0.29) is 11.7 Å². The van der Waals surface area contributed by atoms with E-state index >= 15 is 0 Å². The molecule has 3 aromatic rings. The summed E-state index contributed by atoms with van der Waals surface area (Å²) in [4.78, 5) is 16.8. The maximum absolute atomic E-state index is 14.1. The summed E-state index contributed by atoms with van der Waals surface area (Å²) in [6.07, 6.45) is 0. The van der Waals surface area contributed by atoms with Crippen molar-refractivity contribution in [3.63, 3.8) is 0 Å². The summed E-state index contributed by atoms with van der Waals surface area (Å²) in [5.74, 6) is 0.850. The fourth-order valence-corrected chi connectivity index (χ4v) is 4.83. The topological polar surface area (TPSA) is 54.3 Å². The zero-order valence-electron chi connectivity index (χ0n) is 18.1. The largest absolute Gasteiger partial charge is 0.339 e. The molecule has 0 saturated carbocycles. The Hall–Kier alpha value is -2.42. The number of amides is 1. The number of carbonyl (C=O) groups is 1. The fourth-order valence-electron chi connectivity index (χ4n) is 3.71. The highest BCUT2D eigenvalue weighted by atomic mass is 35.5.